The number of nitrogens with zero attached hydrogens (tertiary/aromatic N) is 2. The van der Waals surface area contributed by atoms with Crippen LogP contribution in [0, 0.1) is 0 Å². The zero-order valence-electron chi connectivity index (χ0n) is 8.84. The number of methoxy groups -OCH3 is 1. The summed E-state index contributed by atoms with van der Waals surface area (Å²) < 4.78 is 11.3. The third-order valence-corrected chi connectivity index (χ3v) is 1.69. The van der Waals surface area contributed by atoms with E-state index in [0.717, 1.165) is 0 Å². The van der Waals surface area contributed by atoms with E-state index in [-0.39, 0.29) is 18.6 Å². The highest BCUT2D eigenvalue weighted by atomic mass is 16.6. The lowest BCUT2D eigenvalue weighted by Crippen LogP contribution is -2.23. The molecule has 0 aliphatic rings. The van der Waals surface area contributed by atoms with Gasteiger partial charge >= 0.3 is 5.97 Å². The molecule has 1 aromatic rings. The molecule has 0 amide bonds. The number of rotatable bonds is 5. The number of anilines is 1. The van der Waals surface area contributed by atoms with Gasteiger partial charge in [0, 0.05) is 13.3 Å². The van der Waals surface area contributed by atoms with Crippen LogP contribution in [0.4, 0.5) is 5.82 Å². The average molecular weight is 213 g/mol. The molecule has 84 valence electrons. The van der Waals surface area contributed by atoms with Crippen molar-refractivity contribution in [3.8, 4) is 0 Å². The van der Waals surface area contributed by atoms with Crippen molar-refractivity contribution in [1.29, 1.82) is 0 Å². The van der Waals surface area contributed by atoms with Gasteiger partial charge in [0.25, 0.3) is 0 Å². The summed E-state index contributed by atoms with van der Waals surface area (Å²) in [6.07, 6.45) is 1.37. The highest BCUT2D eigenvalue weighted by molar-refractivity contribution is 5.69. The molecule has 0 bridgehead atoms. The molecule has 1 unspecified atom stereocenters. The second kappa shape index (κ2) is 5.35. The summed E-state index contributed by atoms with van der Waals surface area (Å²) in [6, 6.07) is 1.62. The van der Waals surface area contributed by atoms with Gasteiger partial charge in [0.2, 0.25) is 0 Å². The molecule has 0 fully saturated rings. The van der Waals surface area contributed by atoms with E-state index in [1.165, 1.54) is 4.68 Å². The van der Waals surface area contributed by atoms with Crippen LogP contribution >= 0.6 is 0 Å². The van der Waals surface area contributed by atoms with Gasteiger partial charge in [0.1, 0.15) is 18.5 Å². The predicted molar refractivity (Wildman–Crippen MR) is 54.1 cm³/mol. The average Bonchev–Trinajstić information content (AvgIpc) is 2.51. The molecule has 0 saturated heterocycles. The smallest absolute Gasteiger partial charge is 0.328 e. The van der Waals surface area contributed by atoms with Crippen molar-refractivity contribution in [3.05, 3.63) is 12.3 Å². The molecular weight excluding hydrogens is 198 g/mol. The third-order valence-electron chi connectivity index (χ3n) is 1.69. The van der Waals surface area contributed by atoms with Crippen molar-refractivity contribution in [2.75, 3.05) is 19.5 Å². The number of aromatic nitrogens is 2. The molecule has 0 aromatic carbocycles. The lowest BCUT2D eigenvalue weighted by molar-refractivity contribution is -0.151. The van der Waals surface area contributed by atoms with Gasteiger partial charge in [0.05, 0.1) is 6.61 Å². The highest BCUT2D eigenvalue weighted by Gasteiger charge is 2.10. The lowest BCUT2D eigenvalue weighted by Gasteiger charge is -2.11. The number of nitrogen functional groups attached to an aromatic ring is 1. The fraction of sp³-hybridized carbons (Fsp3) is 0.556. The second-order valence-electron chi connectivity index (χ2n) is 3.19. The molecule has 1 aromatic heterocycles. The van der Waals surface area contributed by atoms with Crippen molar-refractivity contribution < 1.29 is 14.3 Å². The van der Waals surface area contributed by atoms with Crippen molar-refractivity contribution in [3.63, 3.8) is 0 Å². The van der Waals surface area contributed by atoms with Crippen molar-refractivity contribution in [2.45, 2.75) is 19.6 Å². The third kappa shape index (κ3) is 3.99. The molecule has 15 heavy (non-hydrogen) atoms. The lowest BCUT2D eigenvalue weighted by atomic mass is 10.4. The Morgan fingerprint density at radius 2 is 2.47 bits per heavy atom. The molecule has 1 heterocycles. The van der Waals surface area contributed by atoms with Crippen LogP contribution in [0.3, 0.4) is 0 Å². The molecule has 6 nitrogen and oxygen atoms in total. The van der Waals surface area contributed by atoms with Gasteiger partial charge in [-0.2, -0.15) is 5.10 Å². The van der Waals surface area contributed by atoms with E-state index in [1.54, 1.807) is 26.3 Å². The van der Waals surface area contributed by atoms with Gasteiger partial charge in [-0.3, -0.25) is 9.48 Å². The zero-order chi connectivity index (χ0) is 11.3. The van der Waals surface area contributed by atoms with Crippen molar-refractivity contribution in [2.24, 2.45) is 0 Å². The fourth-order valence-corrected chi connectivity index (χ4v) is 1.13. The van der Waals surface area contributed by atoms with Crippen LogP contribution in [-0.4, -0.2) is 35.6 Å². The Morgan fingerprint density at radius 3 is 3.00 bits per heavy atom. The summed E-state index contributed by atoms with van der Waals surface area (Å²) in [7, 11) is 1.55. The zero-order valence-corrected chi connectivity index (χ0v) is 8.84. The van der Waals surface area contributed by atoms with Gasteiger partial charge in [0.15, 0.2) is 0 Å². The summed E-state index contributed by atoms with van der Waals surface area (Å²) in [5, 5.41) is 3.87. The summed E-state index contributed by atoms with van der Waals surface area (Å²) in [4.78, 5) is 11.3. The topological polar surface area (TPSA) is 79.4 Å². The first kappa shape index (κ1) is 11.5. The largest absolute Gasteiger partial charge is 0.459 e. The van der Waals surface area contributed by atoms with E-state index in [0.29, 0.717) is 12.4 Å². The maximum atomic E-state index is 11.3. The molecule has 6 heteroatoms. The van der Waals surface area contributed by atoms with E-state index in [1.807, 2.05) is 0 Å². The Bertz CT molecular complexity index is 324. The first-order valence-electron chi connectivity index (χ1n) is 4.59. The molecule has 1 atom stereocenters. The van der Waals surface area contributed by atoms with Gasteiger partial charge in [-0.1, -0.05) is 0 Å². The van der Waals surface area contributed by atoms with Crippen molar-refractivity contribution >= 4 is 11.8 Å². The van der Waals surface area contributed by atoms with E-state index in [9.17, 15) is 4.79 Å². The summed E-state index contributed by atoms with van der Waals surface area (Å²) >= 11 is 0. The van der Waals surface area contributed by atoms with Gasteiger partial charge in [-0.15, -0.1) is 0 Å². The second-order valence-corrected chi connectivity index (χ2v) is 3.19. The van der Waals surface area contributed by atoms with Gasteiger partial charge < -0.3 is 15.2 Å². The summed E-state index contributed by atoms with van der Waals surface area (Å²) in [5.41, 5.74) is 5.40. The Balaban J connectivity index is 2.36. The normalized spacial score (nSPS) is 12.4. The number of carbonyl (C=O) groups is 1. The Labute approximate surface area is 88.0 Å². The molecule has 2 N–H and O–H groups in total. The molecule has 1 rings (SSSR count). The van der Waals surface area contributed by atoms with Crippen LogP contribution in [-0.2, 0) is 20.8 Å². The van der Waals surface area contributed by atoms with Gasteiger partial charge in [-0.05, 0) is 13.0 Å². The molecule has 0 saturated carbocycles. The molecule has 0 radical (unpaired) electrons. The Hall–Kier alpha value is -1.56. The molecule has 0 aliphatic carbocycles. The van der Waals surface area contributed by atoms with E-state index >= 15 is 0 Å². The number of nitrogens with two attached hydrogens (primary N) is 1. The number of hydrogen-bond donors (Lipinski definition) is 1. The number of carbonyl (C=O) groups excluding carboxylic acids is 1. The standard InChI is InChI=1S/C9H15N3O3/c1-7(6-14-2)15-9(13)5-12-4-3-8(10)11-12/h3-4,7H,5-6H2,1-2H3,(H2,10,11). The number of hydrogen-bond acceptors (Lipinski definition) is 5. The number of esters is 1. The van der Waals surface area contributed by atoms with Crippen molar-refractivity contribution in [1.82, 2.24) is 9.78 Å². The fourth-order valence-electron chi connectivity index (χ4n) is 1.13. The van der Waals surface area contributed by atoms with E-state index in [2.05, 4.69) is 5.10 Å². The minimum atomic E-state index is -0.359. The number of ether oxygens (including phenoxy) is 2. The summed E-state index contributed by atoms with van der Waals surface area (Å²) in [6.45, 7) is 2.21. The Morgan fingerprint density at radius 1 is 1.73 bits per heavy atom. The predicted octanol–water partition coefficient (Wildman–Crippen LogP) is 0.0434. The van der Waals surface area contributed by atoms with Gasteiger partial charge in [-0.25, -0.2) is 0 Å². The first-order valence-corrected chi connectivity index (χ1v) is 4.59. The highest BCUT2D eigenvalue weighted by Crippen LogP contribution is 1.98. The molecular formula is C9H15N3O3. The monoisotopic (exact) mass is 213 g/mol. The van der Waals surface area contributed by atoms with Crippen LogP contribution < -0.4 is 5.73 Å². The molecule has 0 aliphatic heterocycles. The van der Waals surface area contributed by atoms with Crippen LogP contribution in [0.1, 0.15) is 6.92 Å². The molecule has 0 spiro atoms. The maximum Gasteiger partial charge on any atom is 0.328 e. The van der Waals surface area contributed by atoms with Crippen LogP contribution in [0.5, 0.6) is 0 Å². The quantitative estimate of drug-likeness (QED) is 0.699. The SMILES string of the molecule is COCC(C)OC(=O)Cn1ccc(N)n1. The summed E-state index contributed by atoms with van der Waals surface area (Å²) in [5.74, 6) is 0.0235. The van der Waals surface area contributed by atoms with E-state index in [4.69, 9.17) is 15.2 Å². The maximum absolute atomic E-state index is 11.3. The van der Waals surface area contributed by atoms with Crippen LogP contribution in [0.2, 0.25) is 0 Å². The minimum absolute atomic E-state index is 0.0608. The van der Waals surface area contributed by atoms with Crippen LogP contribution in [0.25, 0.3) is 0 Å². The van der Waals surface area contributed by atoms with Crippen LogP contribution in [0.15, 0.2) is 12.3 Å². The van der Waals surface area contributed by atoms with E-state index < -0.39 is 0 Å². The minimum Gasteiger partial charge on any atom is -0.459 e. The first-order chi connectivity index (χ1) is 7.11. The Kier molecular flexibility index (Phi) is 4.11.